The number of nitrogens with one attached hydrogen (secondary N) is 2. The van der Waals surface area contributed by atoms with E-state index < -0.39 is 38.0 Å². The van der Waals surface area contributed by atoms with E-state index in [1.807, 2.05) is 0 Å². The Morgan fingerprint density at radius 1 is 1.43 bits per heavy atom. The van der Waals surface area contributed by atoms with E-state index in [1.54, 1.807) is 0 Å². The SMILES string of the molecule is CC(C)(CCC(=O)O)NS(=O)(=O)c1cc2oc(=O)[nH]c2cc1F. The number of aliphatic carboxylic acids is 1. The van der Waals surface area contributed by atoms with E-state index in [9.17, 15) is 22.4 Å². The van der Waals surface area contributed by atoms with E-state index in [2.05, 4.69) is 9.71 Å². The van der Waals surface area contributed by atoms with Gasteiger partial charge in [0.1, 0.15) is 10.7 Å². The molecule has 1 aromatic carbocycles. The summed E-state index contributed by atoms with van der Waals surface area (Å²) >= 11 is 0. The molecule has 0 bridgehead atoms. The lowest BCUT2D eigenvalue weighted by atomic mass is 10.0. The number of carboxylic acids is 1. The first-order chi connectivity index (χ1) is 10.5. The first kappa shape index (κ1) is 17.2. The molecule has 8 nitrogen and oxygen atoms in total. The molecule has 0 amide bonds. The number of fused-ring (bicyclic) bond motifs is 1. The molecule has 0 unspecified atom stereocenters. The number of hydrogen-bond acceptors (Lipinski definition) is 5. The van der Waals surface area contributed by atoms with Crippen LogP contribution in [-0.2, 0) is 14.8 Å². The topological polar surface area (TPSA) is 129 Å². The van der Waals surface area contributed by atoms with Crippen molar-refractivity contribution in [3.63, 3.8) is 0 Å². The van der Waals surface area contributed by atoms with Gasteiger partial charge in [0.15, 0.2) is 5.58 Å². The maximum absolute atomic E-state index is 14.0. The highest BCUT2D eigenvalue weighted by atomic mass is 32.2. The fraction of sp³-hybridized carbons (Fsp3) is 0.385. The molecule has 1 aromatic heterocycles. The normalized spacial score (nSPS) is 12.7. The van der Waals surface area contributed by atoms with Gasteiger partial charge in [0, 0.05) is 24.1 Å². The Hall–Kier alpha value is -2.20. The minimum Gasteiger partial charge on any atom is -0.481 e. The average molecular weight is 346 g/mol. The lowest BCUT2D eigenvalue weighted by molar-refractivity contribution is -0.137. The summed E-state index contributed by atoms with van der Waals surface area (Å²) in [5.74, 6) is -2.96. The van der Waals surface area contributed by atoms with Crippen LogP contribution in [0, 0.1) is 5.82 Å². The fourth-order valence-electron chi connectivity index (χ4n) is 2.05. The number of aromatic amines is 1. The highest BCUT2D eigenvalue weighted by molar-refractivity contribution is 7.89. The van der Waals surface area contributed by atoms with Crippen molar-refractivity contribution in [2.45, 2.75) is 37.1 Å². The maximum Gasteiger partial charge on any atom is 0.417 e. The van der Waals surface area contributed by atoms with Gasteiger partial charge in [-0.05, 0) is 20.3 Å². The summed E-state index contributed by atoms with van der Waals surface area (Å²) in [6.07, 6.45) is -0.228. The fourth-order valence-corrected chi connectivity index (χ4v) is 3.56. The van der Waals surface area contributed by atoms with Gasteiger partial charge in [-0.3, -0.25) is 9.78 Å². The van der Waals surface area contributed by atoms with E-state index >= 15 is 0 Å². The van der Waals surface area contributed by atoms with Crippen LogP contribution < -0.4 is 10.5 Å². The van der Waals surface area contributed by atoms with Crippen molar-refractivity contribution in [1.82, 2.24) is 9.71 Å². The van der Waals surface area contributed by atoms with E-state index in [1.165, 1.54) is 13.8 Å². The summed E-state index contributed by atoms with van der Waals surface area (Å²) in [6, 6.07) is 1.75. The highest BCUT2D eigenvalue weighted by Gasteiger charge is 2.29. The summed E-state index contributed by atoms with van der Waals surface area (Å²) in [5.41, 5.74) is -1.16. The largest absolute Gasteiger partial charge is 0.481 e. The third-order valence-electron chi connectivity index (χ3n) is 3.14. The molecule has 2 rings (SSSR count). The number of rotatable bonds is 6. The molecule has 0 aliphatic heterocycles. The zero-order valence-corrected chi connectivity index (χ0v) is 13.2. The molecule has 126 valence electrons. The van der Waals surface area contributed by atoms with Crippen LogP contribution in [0.15, 0.2) is 26.2 Å². The van der Waals surface area contributed by atoms with Crippen LogP contribution in [0.1, 0.15) is 26.7 Å². The smallest absolute Gasteiger partial charge is 0.417 e. The van der Waals surface area contributed by atoms with Crippen molar-refractivity contribution in [2.75, 3.05) is 0 Å². The van der Waals surface area contributed by atoms with Gasteiger partial charge in [0.05, 0.1) is 5.52 Å². The van der Waals surface area contributed by atoms with Crippen LogP contribution in [0.2, 0.25) is 0 Å². The number of H-pyrrole nitrogens is 1. The predicted molar refractivity (Wildman–Crippen MR) is 78.1 cm³/mol. The zero-order chi connectivity index (χ0) is 17.4. The number of halogens is 1. The Balaban J connectivity index is 2.37. The molecule has 0 aliphatic rings. The quantitative estimate of drug-likeness (QED) is 0.720. The molecule has 10 heteroatoms. The second-order valence-electron chi connectivity index (χ2n) is 5.68. The van der Waals surface area contributed by atoms with Gasteiger partial charge >= 0.3 is 11.7 Å². The Bertz CT molecular complexity index is 912. The number of aromatic nitrogens is 1. The summed E-state index contributed by atoms with van der Waals surface area (Å²) in [7, 11) is -4.27. The van der Waals surface area contributed by atoms with Crippen molar-refractivity contribution in [3.05, 3.63) is 28.5 Å². The monoisotopic (exact) mass is 346 g/mol. The zero-order valence-electron chi connectivity index (χ0n) is 12.3. The highest BCUT2D eigenvalue weighted by Crippen LogP contribution is 2.23. The van der Waals surface area contributed by atoms with Crippen LogP contribution >= 0.6 is 0 Å². The molecule has 1 heterocycles. The van der Waals surface area contributed by atoms with Crippen LogP contribution in [0.5, 0.6) is 0 Å². The first-order valence-corrected chi connectivity index (χ1v) is 8.07. The van der Waals surface area contributed by atoms with Gasteiger partial charge in [-0.15, -0.1) is 0 Å². The summed E-state index contributed by atoms with van der Waals surface area (Å²) < 4.78 is 45.7. The molecular weight excluding hydrogens is 331 g/mol. The molecule has 0 radical (unpaired) electrons. The van der Waals surface area contributed by atoms with Crippen LogP contribution in [0.4, 0.5) is 4.39 Å². The van der Waals surface area contributed by atoms with Crippen molar-refractivity contribution in [1.29, 1.82) is 0 Å². The van der Waals surface area contributed by atoms with E-state index in [0.717, 1.165) is 12.1 Å². The molecule has 0 aliphatic carbocycles. The maximum atomic E-state index is 14.0. The number of carboxylic acid groups (broad SMARTS) is 1. The van der Waals surface area contributed by atoms with Crippen LogP contribution in [0.3, 0.4) is 0 Å². The first-order valence-electron chi connectivity index (χ1n) is 6.58. The molecule has 0 saturated carbocycles. The molecule has 0 atom stereocenters. The summed E-state index contributed by atoms with van der Waals surface area (Å²) in [6.45, 7) is 2.97. The van der Waals surface area contributed by atoms with Crippen molar-refractivity contribution < 1.29 is 27.1 Å². The Labute approximate surface area is 130 Å². The number of hydrogen-bond donors (Lipinski definition) is 3. The second kappa shape index (κ2) is 5.78. The number of sulfonamides is 1. The van der Waals surface area contributed by atoms with E-state index in [0.29, 0.717) is 0 Å². The molecule has 0 fully saturated rings. The van der Waals surface area contributed by atoms with Crippen LogP contribution in [0.25, 0.3) is 11.1 Å². The van der Waals surface area contributed by atoms with Gasteiger partial charge in [0.2, 0.25) is 10.0 Å². The number of oxazole rings is 1. The van der Waals surface area contributed by atoms with Gasteiger partial charge in [-0.1, -0.05) is 0 Å². The van der Waals surface area contributed by atoms with Gasteiger partial charge in [0.25, 0.3) is 0 Å². The molecule has 0 saturated heterocycles. The summed E-state index contributed by atoms with van der Waals surface area (Å²) in [5, 5.41) is 8.67. The molecule has 23 heavy (non-hydrogen) atoms. The average Bonchev–Trinajstić information content (AvgIpc) is 2.73. The predicted octanol–water partition coefficient (Wildman–Crippen LogP) is 1.18. The van der Waals surface area contributed by atoms with Gasteiger partial charge in [-0.25, -0.2) is 22.3 Å². The third kappa shape index (κ3) is 3.96. The minimum atomic E-state index is -4.27. The minimum absolute atomic E-state index is 0.0185. The van der Waals surface area contributed by atoms with Crippen LogP contribution in [-0.4, -0.2) is 30.0 Å². The number of carbonyl (C=O) groups is 1. The van der Waals surface area contributed by atoms with E-state index in [4.69, 9.17) is 9.52 Å². The number of benzene rings is 1. The molecular formula is C13H15FN2O6S. The Morgan fingerprint density at radius 3 is 2.70 bits per heavy atom. The van der Waals surface area contributed by atoms with Crippen molar-refractivity contribution in [3.8, 4) is 0 Å². The lowest BCUT2D eigenvalue weighted by Crippen LogP contribution is -2.43. The second-order valence-corrected chi connectivity index (χ2v) is 7.33. The third-order valence-corrected chi connectivity index (χ3v) is 4.85. The standard InChI is InChI=1S/C13H15FN2O6S/c1-13(2,4-3-11(17)18)16-23(20,21)10-6-9-8(5-7(10)14)15-12(19)22-9/h5-6,16H,3-4H2,1-2H3,(H,15,19)(H,17,18). The Morgan fingerprint density at radius 2 is 2.09 bits per heavy atom. The van der Waals surface area contributed by atoms with Gasteiger partial charge < -0.3 is 9.52 Å². The molecule has 3 N–H and O–H groups in total. The summed E-state index contributed by atoms with van der Waals surface area (Å²) in [4.78, 5) is 23.2. The lowest BCUT2D eigenvalue weighted by Gasteiger charge is -2.25. The Kier molecular flexibility index (Phi) is 4.31. The van der Waals surface area contributed by atoms with Crippen molar-refractivity contribution in [2.24, 2.45) is 0 Å². The molecule has 2 aromatic rings. The molecule has 0 spiro atoms. The van der Waals surface area contributed by atoms with Crippen molar-refractivity contribution >= 4 is 27.1 Å². The van der Waals surface area contributed by atoms with E-state index in [-0.39, 0.29) is 23.9 Å². The van der Waals surface area contributed by atoms with Gasteiger partial charge in [-0.2, -0.15) is 0 Å².